The Kier molecular flexibility index (Phi) is 5.31. The molecule has 0 amide bonds. The number of nitrogens with one attached hydrogen (secondary N) is 1. The van der Waals surface area contributed by atoms with E-state index in [4.69, 9.17) is 0 Å². The van der Waals surface area contributed by atoms with Gasteiger partial charge in [-0.15, -0.1) is 0 Å². The Morgan fingerprint density at radius 3 is 2.92 bits per heavy atom. The van der Waals surface area contributed by atoms with E-state index in [1.54, 1.807) is 12.1 Å². The van der Waals surface area contributed by atoms with Gasteiger partial charge in [0, 0.05) is 11.0 Å². The predicted molar refractivity (Wildman–Crippen MR) is 61.6 cm³/mol. The van der Waals surface area contributed by atoms with Crippen LogP contribution >= 0.6 is 22.6 Å². The third-order valence-electron chi connectivity index (χ3n) is 1.71. The van der Waals surface area contributed by atoms with Gasteiger partial charge in [0.05, 0.1) is 0 Å². The van der Waals surface area contributed by atoms with Crippen molar-refractivity contribution in [3.63, 3.8) is 0 Å². The molecule has 0 unspecified atom stereocenters. The van der Waals surface area contributed by atoms with Gasteiger partial charge in [0.1, 0.15) is 5.82 Å². The van der Waals surface area contributed by atoms with Crippen molar-refractivity contribution in [2.45, 2.75) is 13.0 Å². The van der Waals surface area contributed by atoms with E-state index in [0.717, 1.165) is 29.5 Å². The third-order valence-corrected chi connectivity index (χ3v) is 2.47. The molecule has 0 spiro atoms. The van der Waals surface area contributed by atoms with Crippen molar-refractivity contribution in [2.75, 3.05) is 11.0 Å². The van der Waals surface area contributed by atoms with E-state index in [2.05, 4.69) is 27.9 Å². The van der Waals surface area contributed by atoms with Gasteiger partial charge in [-0.25, -0.2) is 4.39 Å². The summed E-state index contributed by atoms with van der Waals surface area (Å²) in [6.07, 6.45) is 1.16. The molecule has 0 fully saturated rings. The number of hydrogen-bond donors (Lipinski definition) is 1. The molecular formula is C10H13FIN. The molecule has 13 heavy (non-hydrogen) atoms. The van der Waals surface area contributed by atoms with Crippen molar-refractivity contribution in [2.24, 2.45) is 0 Å². The van der Waals surface area contributed by atoms with Gasteiger partial charge < -0.3 is 5.32 Å². The van der Waals surface area contributed by atoms with Crippen LogP contribution in [-0.2, 0) is 6.54 Å². The lowest BCUT2D eigenvalue weighted by atomic mass is 10.2. The van der Waals surface area contributed by atoms with Crippen molar-refractivity contribution in [3.05, 3.63) is 35.6 Å². The van der Waals surface area contributed by atoms with Crippen LogP contribution in [-0.4, -0.2) is 11.0 Å². The zero-order valence-corrected chi connectivity index (χ0v) is 9.55. The second kappa shape index (κ2) is 6.32. The lowest BCUT2D eigenvalue weighted by Gasteiger charge is -2.03. The summed E-state index contributed by atoms with van der Waals surface area (Å²) in [5.74, 6) is -0.159. The third kappa shape index (κ3) is 4.57. The highest BCUT2D eigenvalue weighted by Gasteiger charge is 1.93. The minimum atomic E-state index is -0.159. The molecule has 0 aliphatic rings. The molecule has 0 aliphatic heterocycles. The molecule has 3 heteroatoms. The molecule has 0 aliphatic carbocycles. The van der Waals surface area contributed by atoms with Gasteiger partial charge in [-0.05, 0) is 30.7 Å². The van der Waals surface area contributed by atoms with Crippen LogP contribution in [0.15, 0.2) is 24.3 Å². The quantitative estimate of drug-likeness (QED) is 0.500. The highest BCUT2D eigenvalue weighted by atomic mass is 127. The largest absolute Gasteiger partial charge is 0.313 e. The van der Waals surface area contributed by atoms with E-state index in [1.807, 2.05) is 6.07 Å². The highest BCUT2D eigenvalue weighted by Crippen LogP contribution is 2.02. The van der Waals surface area contributed by atoms with Gasteiger partial charge in [-0.3, -0.25) is 0 Å². The molecule has 1 N–H and O–H groups in total. The van der Waals surface area contributed by atoms with Crippen LogP contribution in [0.5, 0.6) is 0 Å². The SMILES string of the molecule is Fc1cccc(CNCCCI)c1. The van der Waals surface area contributed by atoms with Gasteiger partial charge in [0.25, 0.3) is 0 Å². The van der Waals surface area contributed by atoms with Crippen molar-refractivity contribution in [1.82, 2.24) is 5.32 Å². The van der Waals surface area contributed by atoms with Gasteiger partial charge in [-0.2, -0.15) is 0 Å². The number of halogens is 2. The summed E-state index contributed by atoms with van der Waals surface area (Å²) in [7, 11) is 0. The van der Waals surface area contributed by atoms with Gasteiger partial charge in [-0.1, -0.05) is 34.7 Å². The Bertz CT molecular complexity index is 252. The minimum Gasteiger partial charge on any atom is -0.313 e. The summed E-state index contributed by atoms with van der Waals surface area (Å²) >= 11 is 2.35. The van der Waals surface area contributed by atoms with Crippen molar-refractivity contribution in [3.8, 4) is 0 Å². The Hall–Kier alpha value is -0.160. The number of rotatable bonds is 5. The summed E-state index contributed by atoms with van der Waals surface area (Å²) in [6, 6.07) is 6.70. The van der Waals surface area contributed by atoms with E-state index in [0.29, 0.717) is 0 Å². The van der Waals surface area contributed by atoms with Crippen LogP contribution in [0.4, 0.5) is 4.39 Å². The van der Waals surface area contributed by atoms with E-state index in [-0.39, 0.29) is 5.82 Å². The van der Waals surface area contributed by atoms with E-state index in [9.17, 15) is 4.39 Å². The molecule has 0 bridgehead atoms. The maximum Gasteiger partial charge on any atom is 0.123 e. The molecule has 0 saturated heterocycles. The smallest absolute Gasteiger partial charge is 0.123 e. The fourth-order valence-corrected chi connectivity index (χ4v) is 1.45. The minimum absolute atomic E-state index is 0.159. The molecule has 0 radical (unpaired) electrons. The maximum absolute atomic E-state index is 12.7. The van der Waals surface area contributed by atoms with Crippen LogP contribution in [0, 0.1) is 5.82 Å². The van der Waals surface area contributed by atoms with Crippen molar-refractivity contribution < 1.29 is 4.39 Å². The number of hydrogen-bond acceptors (Lipinski definition) is 1. The van der Waals surface area contributed by atoms with Gasteiger partial charge >= 0.3 is 0 Å². The predicted octanol–water partition coefficient (Wildman–Crippen LogP) is 2.74. The summed E-state index contributed by atoms with van der Waals surface area (Å²) in [5, 5.41) is 3.26. The molecule has 1 aromatic carbocycles. The lowest BCUT2D eigenvalue weighted by molar-refractivity contribution is 0.619. The summed E-state index contributed by atoms with van der Waals surface area (Å²) < 4.78 is 13.9. The van der Waals surface area contributed by atoms with E-state index in [1.165, 1.54) is 6.07 Å². The molecular weight excluding hydrogens is 280 g/mol. The first-order valence-corrected chi connectivity index (χ1v) is 5.86. The molecule has 0 atom stereocenters. The first-order chi connectivity index (χ1) is 6.33. The fourth-order valence-electron chi connectivity index (χ4n) is 1.07. The second-order valence-corrected chi connectivity index (χ2v) is 3.93. The first kappa shape index (κ1) is 10.9. The Balaban J connectivity index is 2.28. The van der Waals surface area contributed by atoms with E-state index < -0.39 is 0 Å². The molecule has 0 saturated carbocycles. The average molecular weight is 293 g/mol. The van der Waals surface area contributed by atoms with Crippen LogP contribution < -0.4 is 5.32 Å². The lowest BCUT2D eigenvalue weighted by Crippen LogP contribution is -2.14. The second-order valence-electron chi connectivity index (χ2n) is 2.85. The summed E-state index contributed by atoms with van der Waals surface area (Å²) in [6.45, 7) is 1.76. The molecule has 1 rings (SSSR count). The number of alkyl halides is 1. The highest BCUT2D eigenvalue weighted by molar-refractivity contribution is 14.1. The normalized spacial score (nSPS) is 10.3. The molecule has 72 valence electrons. The monoisotopic (exact) mass is 293 g/mol. The van der Waals surface area contributed by atoms with Crippen LogP contribution in [0.25, 0.3) is 0 Å². The maximum atomic E-state index is 12.7. The van der Waals surface area contributed by atoms with Crippen LogP contribution in [0.2, 0.25) is 0 Å². The Morgan fingerprint density at radius 1 is 1.38 bits per heavy atom. The number of benzene rings is 1. The topological polar surface area (TPSA) is 12.0 Å². The Morgan fingerprint density at radius 2 is 2.23 bits per heavy atom. The van der Waals surface area contributed by atoms with Crippen LogP contribution in [0.3, 0.4) is 0 Å². The average Bonchev–Trinajstić information content (AvgIpc) is 2.13. The summed E-state index contributed by atoms with van der Waals surface area (Å²) in [4.78, 5) is 0. The van der Waals surface area contributed by atoms with Crippen molar-refractivity contribution >= 4 is 22.6 Å². The zero-order chi connectivity index (χ0) is 9.52. The standard InChI is InChI=1S/C10H13FIN/c11-10-4-1-3-9(7-10)8-13-6-2-5-12/h1,3-4,7,13H,2,5-6,8H2. The first-order valence-electron chi connectivity index (χ1n) is 4.34. The molecule has 1 nitrogen and oxygen atoms in total. The summed E-state index contributed by atoms with van der Waals surface area (Å²) in [5.41, 5.74) is 1.01. The Labute approximate surface area is 91.9 Å². The molecule has 1 aromatic rings. The van der Waals surface area contributed by atoms with E-state index >= 15 is 0 Å². The van der Waals surface area contributed by atoms with Gasteiger partial charge in [0.2, 0.25) is 0 Å². The molecule has 0 aromatic heterocycles. The van der Waals surface area contributed by atoms with Crippen molar-refractivity contribution in [1.29, 1.82) is 0 Å². The molecule has 0 heterocycles. The van der Waals surface area contributed by atoms with Gasteiger partial charge in [0.15, 0.2) is 0 Å². The fraction of sp³-hybridized carbons (Fsp3) is 0.400. The zero-order valence-electron chi connectivity index (χ0n) is 7.39. The van der Waals surface area contributed by atoms with Crippen LogP contribution in [0.1, 0.15) is 12.0 Å².